The second-order valence-corrected chi connectivity index (χ2v) is 5.03. The van der Waals surface area contributed by atoms with E-state index in [2.05, 4.69) is 49.4 Å². The third-order valence-electron chi connectivity index (χ3n) is 2.36. The molecule has 0 unspecified atom stereocenters. The topological polar surface area (TPSA) is 0 Å². The van der Waals surface area contributed by atoms with Crippen LogP contribution in [0.1, 0.15) is 11.1 Å². The lowest BCUT2D eigenvalue weighted by atomic mass is 10.2. The van der Waals surface area contributed by atoms with Crippen molar-refractivity contribution < 1.29 is 0 Å². The van der Waals surface area contributed by atoms with E-state index in [1.165, 1.54) is 20.9 Å². The van der Waals surface area contributed by atoms with E-state index in [1.807, 2.05) is 6.07 Å². The average Bonchev–Trinajstić information content (AvgIpc) is 2.33. The molecule has 82 valence electrons. The minimum atomic E-state index is 0.580. The first-order chi connectivity index (χ1) is 7.79. The van der Waals surface area contributed by atoms with E-state index < -0.39 is 0 Å². The Morgan fingerprint density at radius 1 is 1.06 bits per heavy atom. The predicted octanol–water partition coefficient (Wildman–Crippen LogP) is 4.89. The first-order valence-corrected chi connectivity index (χ1v) is 6.53. The Balaban J connectivity index is 2.22. The molecule has 0 saturated heterocycles. The van der Waals surface area contributed by atoms with Gasteiger partial charge < -0.3 is 0 Å². The Kier molecular flexibility index (Phi) is 3.92. The van der Waals surface area contributed by atoms with E-state index in [1.54, 1.807) is 11.8 Å². The van der Waals surface area contributed by atoms with Gasteiger partial charge in [0.2, 0.25) is 0 Å². The number of halogens is 1. The standard InChI is InChI=1S/C14H13ClS/c1-11-9-12(10-15)7-8-14(11)16-13-5-3-2-4-6-13/h2-9H,10H2,1H3. The van der Waals surface area contributed by atoms with E-state index in [9.17, 15) is 0 Å². The highest BCUT2D eigenvalue weighted by Crippen LogP contribution is 2.30. The molecule has 2 aromatic rings. The molecule has 0 heterocycles. The van der Waals surface area contributed by atoms with Crippen molar-refractivity contribution >= 4 is 23.4 Å². The zero-order chi connectivity index (χ0) is 11.4. The van der Waals surface area contributed by atoms with Crippen molar-refractivity contribution in [3.8, 4) is 0 Å². The van der Waals surface area contributed by atoms with Crippen LogP contribution in [-0.2, 0) is 5.88 Å². The molecular weight excluding hydrogens is 236 g/mol. The maximum absolute atomic E-state index is 5.80. The van der Waals surface area contributed by atoms with Crippen molar-refractivity contribution in [3.63, 3.8) is 0 Å². The largest absolute Gasteiger partial charge is 0.122 e. The predicted molar refractivity (Wildman–Crippen MR) is 71.3 cm³/mol. The van der Waals surface area contributed by atoms with Crippen molar-refractivity contribution in [3.05, 3.63) is 59.7 Å². The van der Waals surface area contributed by atoms with Crippen molar-refractivity contribution in [2.45, 2.75) is 22.6 Å². The monoisotopic (exact) mass is 248 g/mol. The number of aryl methyl sites for hydroxylation is 1. The molecule has 0 amide bonds. The van der Waals surface area contributed by atoms with Gasteiger partial charge in [0.05, 0.1) is 0 Å². The van der Waals surface area contributed by atoms with Crippen LogP contribution in [-0.4, -0.2) is 0 Å². The molecule has 0 saturated carbocycles. The van der Waals surface area contributed by atoms with Gasteiger partial charge in [-0.2, -0.15) is 0 Å². The van der Waals surface area contributed by atoms with Crippen LogP contribution in [0.4, 0.5) is 0 Å². The molecule has 0 aromatic heterocycles. The van der Waals surface area contributed by atoms with Crippen molar-refractivity contribution in [1.29, 1.82) is 0 Å². The van der Waals surface area contributed by atoms with Crippen LogP contribution in [0.15, 0.2) is 58.3 Å². The molecular formula is C14H13ClS. The fourth-order valence-corrected chi connectivity index (χ4v) is 2.59. The van der Waals surface area contributed by atoms with Crippen LogP contribution in [0.5, 0.6) is 0 Å². The summed E-state index contributed by atoms with van der Waals surface area (Å²) in [6, 6.07) is 16.8. The van der Waals surface area contributed by atoms with Crippen molar-refractivity contribution in [2.24, 2.45) is 0 Å². The molecule has 16 heavy (non-hydrogen) atoms. The molecule has 0 N–H and O–H groups in total. The Bertz CT molecular complexity index is 465. The molecule has 0 aliphatic rings. The van der Waals surface area contributed by atoms with Gasteiger partial charge in [-0.05, 0) is 36.2 Å². The van der Waals surface area contributed by atoms with Crippen LogP contribution >= 0.6 is 23.4 Å². The van der Waals surface area contributed by atoms with Crippen molar-refractivity contribution in [2.75, 3.05) is 0 Å². The lowest BCUT2D eigenvalue weighted by Crippen LogP contribution is -1.83. The summed E-state index contributed by atoms with van der Waals surface area (Å²) in [6.45, 7) is 2.13. The molecule has 2 heteroatoms. The van der Waals surface area contributed by atoms with Gasteiger partial charge in [0.25, 0.3) is 0 Å². The van der Waals surface area contributed by atoms with Crippen LogP contribution in [0, 0.1) is 6.92 Å². The summed E-state index contributed by atoms with van der Waals surface area (Å²) in [7, 11) is 0. The van der Waals surface area contributed by atoms with E-state index >= 15 is 0 Å². The van der Waals surface area contributed by atoms with Gasteiger partial charge in [0.1, 0.15) is 0 Å². The van der Waals surface area contributed by atoms with Crippen molar-refractivity contribution in [1.82, 2.24) is 0 Å². The number of rotatable bonds is 3. The van der Waals surface area contributed by atoms with Gasteiger partial charge in [-0.25, -0.2) is 0 Å². The van der Waals surface area contributed by atoms with Crippen LogP contribution in [0.3, 0.4) is 0 Å². The quantitative estimate of drug-likeness (QED) is 0.698. The molecule has 0 aliphatic carbocycles. The van der Waals surface area contributed by atoms with E-state index in [0.29, 0.717) is 5.88 Å². The molecule has 0 spiro atoms. The maximum Gasteiger partial charge on any atom is 0.0474 e. The summed E-state index contributed by atoms with van der Waals surface area (Å²) >= 11 is 7.59. The lowest BCUT2D eigenvalue weighted by molar-refractivity contribution is 1.24. The highest BCUT2D eigenvalue weighted by atomic mass is 35.5. The number of benzene rings is 2. The highest BCUT2D eigenvalue weighted by Gasteiger charge is 2.01. The van der Waals surface area contributed by atoms with Gasteiger partial charge in [0, 0.05) is 15.7 Å². The Morgan fingerprint density at radius 3 is 2.44 bits per heavy atom. The first kappa shape index (κ1) is 11.6. The molecule has 0 aliphatic heterocycles. The van der Waals surface area contributed by atoms with Gasteiger partial charge in [-0.1, -0.05) is 42.1 Å². The molecule has 2 aromatic carbocycles. The average molecular weight is 249 g/mol. The third-order valence-corrected chi connectivity index (χ3v) is 3.86. The van der Waals surface area contributed by atoms with Crippen LogP contribution in [0.25, 0.3) is 0 Å². The summed E-state index contributed by atoms with van der Waals surface area (Å²) in [5.41, 5.74) is 2.46. The molecule has 0 fully saturated rings. The molecule has 0 nitrogen and oxygen atoms in total. The van der Waals surface area contributed by atoms with Gasteiger partial charge in [-0.3, -0.25) is 0 Å². The Hall–Kier alpha value is -0.920. The van der Waals surface area contributed by atoms with Crippen LogP contribution < -0.4 is 0 Å². The fraction of sp³-hybridized carbons (Fsp3) is 0.143. The summed E-state index contributed by atoms with van der Waals surface area (Å²) < 4.78 is 0. The third kappa shape index (κ3) is 2.81. The molecule has 0 bridgehead atoms. The number of hydrogen-bond donors (Lipinski definition) is 0. The number of hydrogen-bond acceptors (Lipinski definition) is 1. The second kappa shape index (κ2) is 5.42. The second-order valence-electron chi connectivity index (χ2n) is 3.65. The summed E-state index contributed by atoms with van der Waals surface area (Å²) in [5.74, 6) is 0.580. The molecule has 2 rings (SSSR count). The SMILES string of the molecule is Cc1cc(CCl)ccc1Sc1ccccc1. The van der Waals surface area contributed by atoms with Crippen LogP contribution in [0.2, 0.25) is 0 Å². The number of alkyl halides is 1. The van der Waals surface area contributed by atoms with Gasteiger partial charge in [0.15, 0.2) is 0 Å². The minimum Gasteiger partial charge on any atom is -0.122 e. The Morgan fingerprint density at radius 2 is 1.81 bits per heavy atom. The lowest BCUT2D eigenvalue weighted by Gasteiger charge is -2.06. The minimum absolute atomic E-state index is 0.580. The zero-order valence-electron chi connectivity index (χ0n) is 9.11. The molecule has 0 radical (unpaired) electrons. The van der Waals surface area contributed by atoms with E-state index in [-0.39, 0.29) is 0 Å². The highest BCUT2D eigenvalue weighted by molar-refractivity contribution is 7.99. The van der Waals surface area contributed by atoms with Gasteiger partial charge >= 0.3 is 0 Å². The molecule has 0 atom stereocenters. The fourth-order valence-electron chi connectivity index (χ4n) is 1.52. The maximum atomic E-state index is 5.80. The summed E-state index contributed by atoms with van der Waals surface area (Å²) in [6.07, 6.45) is 0. The smallest absolute Gasteiger partial charge is 0.0474 e. The zero-order valence-corrected chi connectivity index (χ0v) is 10.7. The van der Waals surface area contributed by atoms with Gasteiger partial charge in [-0.15, -0.1) is 11.6 Å². The normalized spacial score (nSPS) is 10.4. The summed E-state index contributed by atoms with van der Waals surface area (Å²) in [4.78, 5) is 2.56. The first-order valence-electron chi connectivity index (χ1n) is 5.18. The Labute approximate surface area is 106 Å². The van der Waals surface area contributed by atoms with E-state index in [0.717, 1.165) is 0 Å². The summed E-state index contributed by atoms with van der Waals surface area (Å²) in [5, 5.41) is 0. The van der Waals surface area contributed by atoms with E-state index in [4.69, 9.17) is 11.6 Å².